The van der Waals surface area contributed by atoms with Gasteiger partial charge in [0.1, 0.15) is 5.82 Å². The second-order valence-corrected chi connectivity index (χ2v) is 6.72. The Balaban J connectivity index is 2.01. The van der Waals surface area contributed by atoms with Crippen LogP contribution in [0.5, 0.6) is 0 Å². The molecule has 1 saturated heterocycles. The third-order valence-corrected chi connectivity index (χ3v) is 4.66. The van der Waals surface area contributed by atoms with Crippen molar-refractivity contribution in [3.05, 3.63) is 23.9 Å². The average Bonchev–Trinajstić information content (AvgIpc) is 2.40. The summed E-state index contributed by atoms with van der Waals surface area (Å²) < 4.78 is 27.3. The highest BCUT2D eigenvalue weighted by Crippen LogP contribution is 2.15. The Kier molecular flexibility index (Phi) is 4.04. The number of esters is 1. The first-order valence-corrected chi connectivity index (χ1v) is 7.79. The fraction of sp³-hybridized carbons (Fsp3) is 0.500. The fourth-order valence-corrected chi connectivity index (χ4v) is 3.09. The predicted molar refractivity (Wildman–Crippen MR) is 70.8 cm³/mol. The quantitative estimate of drug-likeness (QED) is 0.729. The summed E-state index contributed by atoms with van der Waals surface area (Å²) in [4.78, 5) is 17.3. The molecule has 0 N–H and O–H groups in total. The van der Waals surface area contributed by atoms with Gasteiger partial charge in [-0.05, 0) is 11.6 Å². The second kappa shape index (κ2) is 5.56. The Morgan fingerprint density at radius 1 is 1.37 bits per heavy atom. The number of pyridine rings is 1. The number of hydrogen-bond acceptors (Lipinski definition) is 6. The van der Waals surface area contributed by atoms with Gasteiger partial charge in [-0.2, -0.15) is 0 Å². The maximum Gasteiger partial charge on any atom is 0.310 e. The molecule has 7 heteroatoms. The molecule has 0 spiro atoms. The van der Waals surface area contributed by atoms with E-state index in [9.17, 15) is 13.2 Å². The van der Waals surface area contributed by atoms with E-state index in [-0.39, 0.29) is 23.9 Å². The molecule has 0 atom stereocenters. The van der Waals surface area contributed by atoms with Crippen LogP contribution in [0.15, 0.2) is 18.3 Å². The van der Waals surface area contributed by atoms with Crippen LogP contribution in [0, 0.1) is 0 Å². The lowest BCUT2D eigenvalue weighted by atomic mass is 10.2. The van der Waals surface area contributed by atoms with Crippen LogP contribution in [0.3, 0.4) is 0 Å². The molecule has 2 heterocycles. The lowest BCUT2D eigenvalue weighted by Crippen LogP contribution is -2.40. The number of ether oxygens (including phenoxy) is 1. The molecule has 19 heavy (non-hydrogen) atoms. The highest BCUT2D eigenvalue weighted by atomic mass is 32.2. The summed E-state index contributed by atoms with van der Waals surface area (Å²) in [6.07, 6.45) is 1.81. The minimum atomic E-state index is -2.88. The van der Waals surface area contributed by atoms with Gasteiger partial charge in [-0.25, -0.2) is 13.4 Å². The molecule has 6 nitrogen and oxygen atoms in total. The van der Waals surface area contributed by atoms with Gasteiger partial charge in [-0.1, -0.05) is 6.07 Å². The zero-order valence-corrected chi connectivity index (χ0v) is 11.5. The SMILES string of the molecule is COC(=O)Cc1ccc(N2CCS(=O)(=O)CC2)nc1. The molecule has 0 aliphatic carbocycles. The maximum atomic E-state index is 11.3. The molecule has 1 aromatic heterocycles. The Hall–Kier alpha value is -1.63. The Labute approximate surface area is 112 Å². The number of carbonyl (C=O) groups excluding carboxylic acids is 1. The number of carbonyl (C=O) groups is 1. The van der Waals surface area contributed by atoms with Crippen molar-refractivity contribution < 1.29 is 17.9 Å². The van der Waals surface area contributed by atoms with Gasteiger partial charge >= 0.3 is 5.97 Å². The first-order valence-electron chi connectivity index (χ1n) is 5.97. The molecule has 1 fully saturated rings. The van der Waals surface area contributed by atoms with E-state index in [4.69, 9.17) is 0 Å². The van der Waals surface area contributed by atoms with Gasteiger partial charge in [0, 0.05) is 19.3 Å². The summed E-state index contributed by atoms with van der Waals surface area (Å²) in [6.45, 7) is 0.928. The summed E-state index contributed by atoms with van der Waals surface area (Å²) in [7, 11) is -1.54. The predicted octanol–water partition coefficient (Wildman–Crippen LogP) is 0.0319. The Morgan fingerprint density at radius 2 is 2.05 bits per heavy atom. The van der Waals surface area contributed by atoms with E-state index in [1.165, 1.54) is 7.11 Å². The van der Waals surface area contributed by atoms with Crippen LogP contribution in [0.2, 0.25) is 0 Å². The van der Waals surface area contributed by atoms with Crippen LogP contribution >= 0.6 is 0 Å². The van der Waals surface area contributed by atoms with Gasteiger partial charge in [0.25, 0.3) is 0 Å². The molecule has 0 bridgehead atoms. The Bertz CT molecular complexity index is 540. The number of anilines is 1. The molecular weight excluding hydrogens is 268 g/mol. The molecule has 1 aliphatic heterocycles. The fourth-order valence-electron chi connectivity index (χ4n) is 1.89. The van der Waals surface area contributed by atoms with Crippen LogP contribution in [-0.4, -0.2) is 51.1 Å². The normalized spacial score (nSPS) is 18.1. The molecule has 0 saturated carbocycles. The van der Waals surface area contributed by atoms with Gasteiger partial charge in [0.2, 0.25) is 0 Å². The van der Waals surface area contributed by atoms with Crippen LogP contribution in [0.4, 0.5) is 5.82 Å². The van der Waals surface area contributed by atoms with Crippen molar-refractivity contribution in [1.29, 1.82) is 0 Å². The molecular formula is C12H16N2O4S. The van der Waals surface area contributed by atoms with Crippen molar-refractivity contribution in [1.82, 2.24) is 4.98 Å². The standard InChI is InChI=1S/C12H16N2O4S/c1-18-12(15)8-10-2-3-11(13-9-10)14-4-6-19(16,17)7-5-14/h2-3,9H,4-8H2,1H3. The van der Waals surface area contributed by atoms with Gasteiger partial charge < -0.3 is 9.64 Å². The topological polar surface area (TPSA) is 76.6 Å². The van der Waals surface area contributed by atoms with E-state index in [0.29, 0.717) is 13.1 Å². The Morgan fingerprint density at radius 3 is 2.58 bits per heavy atom. The number of methoxy groups -OCH3 is 1. The molecule has 104 valence electrons. The number of rotatable bonds is 3. The number of aromatic nitrogens is 1. The number of sulfone groups is 1. The van der Waals surface area contributed by atoms with Crippen molar-refractivity contribution in [2.45, 2.75) is 6.42 Å². The molecule has 0 unspecified atom stereocenters. The first kappa shape index (κ1) is 13.8. The summed E-state index contributed by atoms with van der Waals surface area (Å²) >= 11 is 0. The largest absolute Gasteiger partial charge is 0.469 e. The third kappa shape index (κ3) is 3.66. The van der Waals surface area contributed by atoms with Crippen LogP contribution in [-0.2, 0) is 25.8 Å². The maximum absolute atomic E-state index is 11.3. The molecule has 2 rings (SSSR count). The lowest BCUT2D eigenvalue weighted by molar-refractivity contribution is -0.139. The van der Waals surface area contributed by atoms with E-state index in [1.807, 2.05) is 11.0 Å². The van der Waals surface area contributed by atoms with Gasteiger partial charge in [0.05, 0.1) is 25.0 Å². The first-order chi connectivity index (χ1) is 9.00. The highest BCUT2D eigenvalue weighted by Gasteiger charge is 2.22. The van der Waals surface area contributed by atoms with Crippen molar-refractivity contribution in [3.8, 4) is 0 Å². The van der Waals surface area contributed by atoms with Crippen molar-refractivity contribution in [2.75, 3.05) is 36.6 Å². The summed E-state index contributed by atoms with van der Waals surface area (Å²) in [6, 6.07) is 3.61. The number of hydrogen-bond donors (Lipinski definition) is 0. The monoisotopic (exact) mass is 284 g/mol. The van der Waals surface area contributed by atoms with Gasteiger partial charge in [-0.3, -0.25) is 4.79 Å². The van der Waals surface area contributed by atoms with Crippen molar-refractivity contribution in [3.63, 3.8) is 0 Å². The zero-order valence-electron chi connectivity index (χ0n) is 10.7. The molecule has 0 radical (unpaired) electrons. The second-order valence-electron chi connectivity index (χ2n) is 4.42. The van der Waals surface area contributed by atoms with E-state index in [0.717, 1.165) is 11.4 Å². The van der Waals surface area contributed by atoms with Crippen LogP contribution in [0.1, 0.15) is 5.56 Å². The minimum absolute atomic E-state index is 0.165. The zero-order chi connectivity index (χ0) is 13.9. The summed E-state index contributed by atoms with van der Waals surface area (Å²) in [5.74, 6) is 0.763. The smallest absolute Gasteiger partial charge is 0.310 e. The minimum Gasteiger partial charge on any atom is -0.469 e. The number of nitrogens with zero attached hydrogens (tertiary/aromatic N) is 2. The van der Waals surface area contributed by atoms with E-state index in [1.54, 1.807) is 12.3 Å². The van der Waals surface area contributed by atoms with Crippen LogP contribution in [0.25, 0.3) is 0 Å². The average molecular weight is 284 g/mol. The van der Waals surface area contributed by atoms with Gasteiger partial charge in [0.15, 0.2) is 9.84 Å². The van der Waals surface area contributed by atoms with E-state index in [2.05, 4.69) is 9.72 Å². The van der Waals surface area contributed by atoms with Crippen LogP contribution < -0.4 is 4.90 Å². The van der Waals surface area contributed by atoms with E-state index >= 15 is 0 Å². The van der Waals surface area contributed by atoms with Crippen molar-refractivity contribution in [2.24, 2.45) is 0 Å². The molecule has 1 aromatic rings. The summed E-state index contributed by atoms with van der Waals surface area (Å²) in [5, 5.41) is 0. The summed E-state index contributed by atoms with van der Waals surface area (Å²) in [5.41, 5.74) is 0.778. The van der Waals surface area contributed by atoms with Gasteiger partial charge in [-0.15, -0.1) is 0 Å². The molecule has 0 aromatic carbocycles. The molecule has 0 amide bonds. The van der Waals surface area contributed by atoms with E-state index < -0.39 is 9.84 Å². The molecule has 1 aliphatic rings. The van der Waals surface area contributed by atoms with Crippen molar-refractivity contribution >= 4 is 21.6 Å². The highest BCUT2D eigenvalue weighted by molar-refractivity contribution is 7.91. The third-order valence-electron chi connectivity index (χ3n) is 3.05. The lowest BCUT2D eigenvalue weighted by Gasteiger charge is -2.27.